The first-order chi connectivity index (χ1) is 18.2. The van der Waals surface area contributed by atoms with Crippen LogP contribution in [-0.4, -0.2) is 72.1 Å². The van der Waals surface area contributed by atoms with Crippen LogP contribution in [-0.2, 0) is 11.2 Å². The molecule has 0 spiro atoms. The van der Waals surface area contributed by atoms with E-state index in [-0.39, 0.29) is 44.0 Å². The Balaban J connectivity index is 1.33. The van der Waals surface area contributed by atoms with Gasteiger partial charge in [-0.15, -0.1) is 0 Å². The number of halogens is 5. The molecule has 38 heavy (non-hydrogen) atoms. The van der Waals surface area contributed by atoms with Crippen LogP contribution in [0.4, 0.5) is 22.0 Å². The van der Waals surface area contributed by atoms with Crippen LogP contribution in [0.15, 0.2) is 48.3 Å². The highest BCUT2D eigenvalue weighted by atomic mass is 19.3. The van der Waals surface area contributed by atoms with Gasteiger partial charge >= 0.3 is 0 Å². The number of hydrogen-bond acceptors (Lipinski definition) is 3. The molecule has 6 rings (SSSR count). The number of allylic oxidation sites excluding steroid dienone is 2. The standard InChI is InChI=1S/C29H34F5N3O/c1-18-11-22-21-5-2-3-7-24(21)35-26(22)27(37(18)17-19-12-28(32,33)13-19)25-23(31)6-4-8-29(25,34)38-10-9-36-15-20(14-30)16-36/h2-8,18-20,25,27,35H,9-17H2,1H3/t18-,25?,27-,29?/m1/s1. The van der Waals surface area contributed by atoms with Crippen molar-refractivity contribution in [1.29, 1.82) is 0 Å². The van der Waals surface area contributed by atoms with Gasteiger partial charge in [0.25, 0.3) is 0 Å². The lowest BCUT2D eigenvalue weighted by molar-refractivity contribution is -0.172. The smallest absolute Gasteiger partial charge is 0.248 e. The first-order valence-corrected chi connectivity index (χ1v) is 13.6. The summed E-state index contributed by atoms with van der Waals surface area (Å²) in [5, 5.41) is 1.01. The van der Waals surface area contributed by atoms with Crippen molar-refractivity contribution in [2.45, 2.75) is 50.0 Å². The number of rotatable bonds is 8. The van der Waals surface area contributed by atoms with Gasteiger partial charge in [0.15, 0.2) is 0 Å². The highest BCUT2D eigenvalue weighted by Gasteiger charge is 2.54. The molecule has 2 unspecified atom stereocenters. The topological polar surface area (TPSA) is 31.5 Å². The minimum atomic E-state index is -2.67. The number of aromatic nitrogens is 1. The number of hydrogen-bond donors (Lipinski definition) is 1. The predicted octanol–water partition coefficient (Wildman–Crippen LogP) is 6.12. The molecule has 3 heterocycles. The summed E-state index contributed by atoms with van der Waals surface area (Å²) in [5.41, 5.74) is 2.61. The Labute approximate surface area is 219 Å². The summed E-state index contributed by atoms with van der Waals surface area (Å²) in [7, 11) is 0. The van der Waals surface area contributed by atoms with E-state index in [2.05, 4.69) is 4.98 Å². The van der Waals surface area contributed by atoms with Gasteiger partial charge < -0.3 is 14.6 Å². The quantitative estimate of drug-likeness (QED) is 0.413. The minimum Gasteiger partial charge on any atom is -0.357 e. The van der Waals surface area contributed by atoms with Gasteiger partial charge in [-0.3, -0.25) is 9.29 Å². The maximum absolute atomic E-state index is 16.8. The van der Waals surface area contributed by atoms with Crippen molar-refractivity contribution >= 4 is 10.9 Å². The van der Waals surface area contributed by atoms with Crippen molar-refractivity contribution in [3.8, 4) is 0 Å². The van der Waals surface area contributed by atoms with Crippen molar-refractivity contribution in [3.05, 3.63) is 59.6 Å². The average Bonchev–Trinajstić information content (AvgIpc) is 3.19. The van der Waals surface area contributed by atoms with Gasteiger partial charge in [-0.05, 0) is 43.0 Å². The zero-order valence-corrected chi connectivity index (χ0v) is 21.5. The molecule has 2 fully saturated rings. The highest BCUT2D eigenvalue weighted by Crippen LogP contribution is 2.52. The zero-order chi connectivity index (χ0) is 26.7. The van der Waals surface area contributed by atoms with E-state index in [1.54, 1.807) is 0 Å². The Hall–Kier alpha value is -2.23. The zero-order valence-electron chi connectivity index (χ0n) is 21.5. The maximum atomic E-state index is 16.8. The van der Waals surface area contributed by atoms with Gasteiger partial charge in [-0.25, -0.2) is 17.6 Å². The van der Waals surface area contributed by atoms with E-state index >= 15 is 8.78 Å². The van der Waals surface area contributed by atoms with E-state index in [4.69, 9.17) is 4.74 Å². The van der Waals surface area contributed by atoms with Gasteiger partial charge in [0, 0.05) is 67.6 Å². The molecule has 4 atom stereocenters. The van der Waals surface area contributed by atoms with Crippen LogP contribution < -0.4 is 0 Å². The van der Waals surface area contributed by atoms with Gasteiger partial charge in [0.1, 0.15) is 5.83 Å². The number of likely N-dealkylation sites (tertiary alicyclic amines) is 1. The first kappa shape index (κ1) is 26.0. The Morgan fingerprint density at radius 3 is 2.61 bits per heavy atom. The predicted molar refractivity (Wildman–Crippen MR) is 136 cm³/mol. The number of nitrogens with one attached hydrogen (secondary N) is 1. The number of para-hydroxylation sites is 1. The number of ether oxygens (including phenoxy) is 1. The van der Waals surface area contributed by atoms with Gasteiger partial charge in [-0.1, -0.05) is 24.3 Å². The van der Waals surface area contributed by atoms with Crippen LogP contribution in [0.1, 0.15) is 37.1 Å². The first-order valence-electron chi connectivity index (χ1n) is 13.6. The number of H-pyrrole nitrogens is 1. The van der Waals surface area contributed by atoms with Crippen LogP contribution in [0, 0.1) is 17.8 Å². The lowest BCUT2D eigenvalue weighted by atomic mass is 9.76. The minimum absolute atomic E-state index is 0.00800. The van der Waals surface area contributed by atoms with Gasteiger partial charge in [0.2, 0.25) is 11.8 Å². The maximum Gasteiger partial charge on any atom is 0.248 e. The molecule has 0 radical (unpaired) electrons. The second kappa shape index (κ2) is 9.75. The summed E-state index contributed by atoms with van der Waals surface area (Å²) in [6.45, 7) is 3.61. The molecule has 2 aliphatic heterocycles. The normalized spacial score (nSPS) is 32.2. The largest absolute Gasteiger partial charge is 0.357 e. The summed E-state index contributed by atoms with van der Waals surface area (Å²) in [6, 6.07) is 6.92. The fourth-order valence-corrected chi connectivity index (χ4v) is 6.87. The lowest BCUT2D eigenvalue weighted by Gasteiger charge is -2.50. The Morgan fingerprint density at radius 1 is 1.11 bits per heavy atom. The summed E-state index contributed by atoms with van der Waals surface area (Å²) < 4.78 is 78.6. The van der Waals surface area contributed by atoms with E-state index in [9.17, 15) is 13.2 Å². The summed E-state index contributed by atoms with van der Waals surface area (Å²) >= 11 is 0. The van der Waals surface area contributed by atoms with Gasteiger partial charge in [-0.2, -0.15) is 0 Å². The fraction of sp³-hybridized carbons (Fsp3) is 0.586. The molecule has 1 aromatic carbocycles. The Kier molecular flexibility index (Phi) is 6.68. The highest BCUT2D eigenvalue weighted by molar-refractivity contribution is 5.85. The van der Waals surface area contributed by atoms with Crippen molar-refractivity contribution in [3.63, 3.8) is 0 Å². The third kappa shape index (κ3) is 4.60. The molecular weight excluding hydrogens is 501 g/mol. The third-order valence-corrected chi connectivity index (χ3v) is 8.81. The molecule has 1 N–H and O–H groups in total. The number of fused-ring (bicyclic) bond motifs is 3. The number of benzene rings is 1. The van der Waals surface area contributed by atoms with Crippen LogP contribution in [0.5, 0.6) is 0 Å². The van der Waals surface area contributed by atoms with Crippen LogP contribution in [0.3, 0.4) is 0 Å². The van der Waals surface area contributed by atoms with E-state index in [0.717, 1.165) is 22.2 Å². The average molecular weight is 536 g/mol. The molecular formula is C29H34F5N3O. The summed E-state index contributed by atoms with van der Waals surface area (Å²) in [4.78, 5) is 7.42. The molecule has 2 aliphatic carbocycles. The molecule has 4 nitrogen and oxygen atoms in total. The second-order valence-corrected chi connectivity index (χ2v) is 11.6. The van der Waals surface area contributed by atoms with E-state index < -0.39 is 29.6 Å². The Bertz CT molecular complexity index is 1230. The van der Waals surface area contributed by atoms with Crippen molar-refractivity contribution in [1.82, 2.24) is 14.8 Å². The molecule has 2 aromatic rings. The molecule has 0 amide bonds. The molecule has 1 saturated carbocycles. The number of aromatic amines is 1. The van der Waals surface area contributed by atoms with Crippen LogP contribution >= 0.6 is 0 Å². The fourth-order valence-electron chi connectivity index (χ4n) is 6.87. The molecule has 9 heteroatoms. The molecule has 1 saturated heterocycles. The van der Waals surface area contributed by atoms with E-state index in [1.807, 2.05) is 41.0 Å². The number of nitrogens with zero attached hydrogens (tertiary/aromatic N) is 2. The Morgan fingerprint density at radius 2 is 1.87 bits per heavy atom. The second-order valence-electron chi connectivity index (χ2n) is 11.6. The van der Waals surface area contributed by atoms with Crippen molar-refractivity contribution in [2.24, 2.45) is 17.8 Å². The SMILES string of the molecule is C[C@@H]1Cc2c([nH]c3ccccc23)[C@@H](C2C(F)=CC=CC2(F)OCCN2CC(CF)C2)N1CC1CC(F)(F)C1. The molecule has 1 aromatic heterocycles. The van der Waals surface area contributed by atoms with E-state index in [0.29, 0.717) is 32.6 Å². The number of alkyl halides is 4. The summed E-state index contributed by atoms with van der Waals surface area (Å²) in [5.74, 6) is -7.27. The summed E-state index contributed by atoms with van der Waals surface area (Å²) in [6.07, 6.45) is 4.10. The molecule has 4 aliphatic rings. The van der Waals surface area contributed by atoms with Crippen molar-refractivity contribution in [2.75, 3.05) is 39.5 Å². The molecule has 206 valence electrons. The third-order valence-electron chi connectivity index (χ3n) is 8.81. The lowest BCUT2D eigenvalue weighted by Crippen LogP contribution is -2.54. The van der Waals surface area contributed by atoms with Gasteiger partial charge in [0.05, 0.1) is 25.2 Å². The van der Waals surface area contributed by atoms with Crippen LogP contribution in [0.25, 0.3) is 10.9 Å². The molecule has 0 bridgehead atoms. The van der Waals surface area contributed by atoms with E-state index in [1.165, 1.54) is 18.2 Å². The van der Waals surface area contributed by atoms with Crippen molar-refractivity contribution < 1.29 is 26.7 Å². The monoisotopic (exact) mass is 535 g/mol. The van der Waals surface area contributed by atoms with Crippen LogP contribution in [0.2, 0.25) is 0 Å².